The number of esters is 1. The normalized spacial score (nSPS) is 10.8. The number of hydrogen-bond acceptors (Lipinski definition) is 5. The number of halogens is 2. The minimum Gasteiger partial charge on any atom is -0.488 e. The quantitative estimate of drug-likeness (QED) is 0.153. The molecule has 0 aliphatic heterocycles. The Morgan fingerprint density at radius 1 is 0.943 bits per heavy atom. The Bertz CT molecular complexity index is 797. The van der Waals surface area contributed by atoms with Crippen molar-refractivity contribution in [2.75, 3.05) is 26.4 Å². The summed E-state index contributed by atoms with van der Waals surface area (Å²) in [5, 5.41) is 2.48. The van der Waals surface area contributed by atoms with E-state index in [1.165, 1.54) is 11.1 Å². The molecule has 0 unspecified atom stereocenters. The monoisotopic (exact) mass is 619 g/mol. The molecular formula is C27H43Br2NO5. The van der Waals surface area contributed by atoms with Crippen LogP contribution in [0.25, 0.3) is 5.57 Å². The molecule has 1 amide bonds. The van der Waals surface area contributed by atoms with Crippen LogP contribution in [0.1, 0.15) is 67.9 Å². The summed E-state index contributed by atoms with van der Waals surface area (Å²) in [4.78, 5) is 22.5. The zero-order valence-electron chi connectivity index (χ0n) is 22.7. The molecule has 0 bridgehead atoms. The van der Waals surface area contributed by atoms with E-state index in [4.69, 9.17) is 14.2 Å². The number of hydrogen-bond donors (Lipinski definition) is 1. The predicted octanol–water partition coefficient (Wildman–Crippen LogP) is 8.18. The van der Waals surface area contributed by atoms with Gasteiger partial charge in [-0.25, -0.2) is 9.59 Å². The molecule has 0 aliphatic rings. The highest BCUT2D eigenvalue weighted by molar-refractivity contribution is 9.11. The average Bonchev–Trinajstić information content (AvgIpc) is 2.83. The zero-order chi connectivity index (χ0) is 27.6. The van der Waals surface area contributed by atoms with E-state index in [0.29, 0.717) is 17.6 Å². The van der Waals surface area contributed by atoms with Crippen LogP contribution in [0.5, 0.6) is 5.75 Å². The minimum atomic E-state index is -0.609. The standard InChI is InChI=1S/C23H31Br2NO5.2C2H6/c1-7-20(27)29-9-8-26-23(28)31-11-10-30-22-18(24)12-17(13-19(22)25)21(15(4)5)16(6)14(2)3;2*1-2/h7,12-15H,1,8-11H2,2-6H3,(H,26,28);2*1-2H3/b21-16+;;. The maximum absolute atomic E-state index is 11.6. The van der Waals surface area contributed by atoms with Gasteiger partial charge in [-0.2, -0.15) is 0 Å². The van der Waals surface area contributed by atoms with Gasteiger partial charge in [-0.15, -0.1) is 0 Å². The smallest absolute Gasteiger partial charge is 0.407 e. The zero-order valence-corrected chi connectivity index (χ0v) is 25.9. The number of benzene rings is 1. The van der Waals surface area contributed by atoms with Gasteiger partial charge in [-0.1, -0.05) is 67.5 Å². The first-order chi connectivity index (χ1) is 16.6. The molecule has 0 fully saturated rings. The molecule has 1 aromatic carbocycles. The lowest BCUT2D eigenvalue weighted by Gasteiger charge is -2.21. The van der Waals surface area contributed by atoms with Crippen molar-refractivity contribution in [1.82, 2.24) is 5.32 Å². The summed E-state index contributed by atoms with van der Waals surface area (Å²) in [5.74, 6) is 0.957. The highest BCUT2D eigenvalue weighted by Gasteiger charge is 2.17. The molecule has 6 nitrogen and oxygen atoms in total. The van der Waals surface area contributed by atoms with E-state index in [9.17, 15) is 9.59 Å². The van der Waals surface area contributed by atoms with Crippen LogP contribution in [0.2, 0.25) is 0 Å². The first-order valence-corrected chi connectivity index (χ1v) is 13.7. The fourth-order valence-corrected chi connectivity index (χ4v) is 4.29. The lowest BCUT2D eigenvalue weighted by atomic mass is 9.87. The summed E-state index contributed by atoms with van der Waals surface area (Å²) in [5.41, 5.74) is 3.82. The van der Waals surface area contributed by atoms with Gasteiger partial charge in [-0.05, 0) is 73.9 Å². The second-order valence-corrected chi connectivity index (χ2v) is 9.17. The maximum Gasteiger partial charge on any atom is 0.407 e. The third-order valence-corrected chi connectivity index (χ3v) is 5.70. The van der Waals surface area contributed by atoms with Crippen LogP contribution >= 0.6 is 31.9 Å². The number of rotatable bonds is 11. The summed E-state index contributed by atoms with van der Waals surface area (Å²) in [6.07, 6.45) is 0.451. The van der Waals surface area contributed by atoms with Crippen LogP contribution in [0.3, 0.4) is 0 Å². The van der Waals surface area contributed by atoms with Gasteiger partial charge < -0.3 is 19.5 Å². The van der Waals surface area contributed by atoms with Crippen LogP contribution in [0.4, 0.5) is 4.79 Å². The second-order valence-electron chi connectivity index (χ2n) is 7.46. The Kier molecular flexibility index (Phi) is 20.6. The molecule has 35 heavy (non-hydrogen) atoms. The molecule has 0 saturated carbocycles. The molecule has 0 saturated heterocycles. The van der Waals surface area contributed by atoms with Gasteiger partial charge in [0.2, 0.25) is 0 Å². The van der Waals surface area contributed by atoms with E-state index in [2.05, 4.69) is 90.5 Å². The van der Waals surface area contributed by atoms with Gasteiger partial charge in [-0.3, -0.25) is 0 Å². The lowest BCUT2D eigenvalue weighted by molar-refractivity contribution is -0.137. The topological polar surface area (TPSA) is 73.9 Å². The SMILES string of the molecule is C=CC(=O)OCCNC(=O)OCCOc1c(Br)cc(/C(=C(\C)C(C)C)C(C)C)cc1Br.CC.CC. The number of carbonyl (C=O) groups excluding carboxylic acids is 2. The molecule has 0 aromatic heterocycles. The summed E-state index contributed by atoms with van der Waals surface area (Å²) in [7, 11) is 0. The van der Waals surface area contributed by atoms with Gasteiger partial charge in [0.25, 0.3) is 0 Å². The van der Waals surface area contributed by atoms with Gasteiger partial charge in [0, 0.05) is 6.08 Å². The van der Waals surface area contributed by atoms with Crippen molar-refractivity contribution in [3.8, 4) is 5.75 Å². The van der Waals surface area contributed by atoms with Gasteiger partial charge in [0.1, 0.15) is 25.6 Å². The largest absolute Gasteiger partial charge is 0.488 e. The van der Waals surface area contributed by atoms with E-state index >= 15 is 0 Å². The lowest BCUT2D eigenvalue weighted by Crippen LogP contribution is -2.29. The third kappa shape index (κ3) is 13.8. The van der Waals surface area contributed by atoms with Crippen molar-refractivity contribution in [3.63, 3.8) is 0 Å². The molecule has 0 radical (unpaired) electrons. The molecule has 1 aromatic rings. The molecule has 0 atom stereocenters. The maximum atomic E-state index is 11.6. The summed E-state index contributed by atoms with van der Waals surface area (Å²) >= 11 is 7.19. The van der Waals surface area contributed by atoms with Gasteiger partial charge in [0.15, 0.2) is 0 Å². The summed E-state index contributed by atoms with van der Waals surface area (Å²) in [6.45, 7) is 22.7. The highest BCUT2D eigenvalue weighted by Crippen LogP contribution is 2.39. The van der Waals surface area contributed by atoms with Gasteiger partial charge in [0.05, 0.1) is 15.5 Å². The third-order valence-electron chi connectivity index (χ3n) is 4.52. The Morgan fingerprint density at radius 3 is 1.94 bits per heavy atom. The average molecular weight is 621 g/mol. The predicted molar refractivity (Wildman–Crippen MR) is 153 cm³/mol. The van der Waals surface area contributed by atoms with Crippen molar-refractivity contribution in [3.05, 3.63) is 44.9 Å². The van der Waals surface area contributed by atoms with E-state index in [0.717, 1.165) is 20.6 Å². The van der Waals surface area contributed by atoms with Crippen LogP contribution in [-0.2, 0) is 14.3 Å². The Labute approximate surface area is 229 Å². The van der Waals surface area contributed by atoms with Crippen LogP contribution in [-0.4, -0.2) is 38.4 Å². The van der Waals surface area contributed by atoms with Crippen molar-refractivity contribution in [2.45, 2.75) is 62.3 Å². The van der Waals surface area contributed by atoms with E-state index in [-0.39, 0.29) is 26.4 Å². The van der Waals surface area contributed by atoms with Crippen LogP contribution in [0, 0.1) is 11.8 Å². The van der Waals surface area contributed by atoms with Crippen molar-refractivity contribution in [1.29, 1.82) is 0 Å². The molecule has 1 N–H and O–H groups in total. The van der Waals surface area contributed by atoms with Crippen LogP contribution < -0.4 is 10.1 Å². The number of alkyl carbamates (subject to hydrolysis) is 1. The van der Waals surface area contributed by atoms with Crippen molar-refractivity contribution >= 4 is 49.5 Å². The number of nitrogens with one attached hydrogen (secondary N) is 1. The molecule has 200 valence electrons. The molecule has 1 rings (SSSR count). The summed E-state index contributed by atoms with van der Waals surface area (Å²) in [6, 6.07) is 4.11. The number of amides is 1. The number of allylic oxidation sites excluding steroid dienone is 2. The summed E-state index contributed by atoms with van der Waals surface area (Å²) < 4.78 is 17.2. The minimum absolute atomic E-state index is 0.0474. The van der Waals surface area contributed by atoms with Crippen molar-refractivity contribution in [2.24, 2.45) is 11.8 Å². The van der Waals surface area contributed by atoms with Crippen LogP contribution in [0.15, 0.2) is 39.3 Å². The molecule has 0 aliphatic carbocycles. The fraction of sp³-hybridized carbons (Fsp3) is 0.556. The highest BCUT2D eigenvalue weighted by atomic mass is 79.9. The molecular weight excluding hydrogens is 578 g/mol. The first-order valence-electron chi connectivity index (χ1n) is 12.1. The molecule has 0 spiro atoms. The van der Waals surface area contributed by atoms with E-state index in [1.54, 1.807) is 0 Å². The first kappa shape index (κ1) is 35.4. The Hall–Kier alpha value is -1.80. The van der Waals surface area contributed by atoms with E-state index in [1.807, 2.05) is 27.7 Å². The van der Waals surface area contributed by atoms with Gasteiger partial charge >= 0.3 is 12.1 Å². The molecule has 0 heterocycles. The number of carbonyl (C=O) groups is 2. The Morgan fingerprint density at radius 2 is 1.49 bits per heavy atom. The van der Waals surface area contributed by atoms with Crippen molar-refractivity contribution < 1.29 is 23.8 Å². The Balaban J connectivity index is 0. The second kappa shape index (κ2) is 20.4. The fourth-order valence-electron chi connectivity index (χ4n) is 2.87. The van der Waals surface area contributed by atoms with E-state index < -0.39 is 12.1 Å². The number of ether oxygens (including phenoxy) is 3. The molecule has 8 heteroatoms.